The van der Waals surface area contributed by atoms with E-state index in [4.69, 9.17) is 4.74 Å². The SMILES string of the molecule is CN(CC1(C)COC1)C(=O)c1cncc(O)c1. The first-order valence-electron chi connectivity index (χ1n) is 5.47. The molecule has 0 bridgehead atoms. The van der Waals surface area contributed by atoms with Crippen LogP contribution in [0.15, 0.2) is 18.5 Å². The van der Waals surface area contributed by atoms with Crippen molar-refractivity contribution in [1.82, 2.24) is 9.88 Å². The Bertz CT molecular complexity index is 430. The molecule has 0 aromatic carbocycles. The van der Waals surface area contributed by atoms with Crippen LogP contribution >= 0.6 is 0 Å². The van der Waals surface area contributed by atoms with Crippen molar-refractivity contribution in [3.63, 3.8) is 0 Å². The third-order valence-corrected chi connectivity index (χ3v) is 2.84. The van der Waals surface area contributed by atoms with Crippen molar-refractivity contribution in [2.75, 3.05) is 26.8 Å². The van der Waals surface area contributed by atoms with Gasteiger partial charge in [-0.3, -0.25) is 9.78 Å². The van der Waals surface area contributed by atoms with Gasteiger partial charge < -0.3 is 14.7 Å². The lowest BCUT2D eigenvalue weighted by Gasteiger charge is -2.40. The smallest absolute Gasteiger partial charge is 0.255 e. The second-order valence-corrected chi connectivity index (χ2v) is 4.90. The summed E-state index contributed by atoms with van der Waals surface area (Å²) in [5, 5.41) is 9.28. The molecule has 0 spiro atoms. The number of hydrogen-bond acceptors (Lipinski definition) is 4. The highest BCUT2D eigenvalue weighted by atomic mass is 16.5. The molecule has 0 radical (unpaired) electrons. The summed E-state index contributed by atoms with van der Waals surface area (Å²) in [7, 11) is 1.75. The van der Waals surface area contributed by atoms with E-state index in [2.05, 4.69) is 11.9 Å². The van der Waals surface area contributed by atoms with Gasteiger partial charge in [-0.1, -0.05) is 6.92 Å². The highest BCUT2D eigenvalue weighted by molar-refractivity contribution is 5.94. The maximum atomic E-state index is 12.0. The summed E-state index contributed by atoms with van der Waals surface area (Å²) in [6.07, 6.45) is 2.76. The van der Waals surface area contributed by atoms with Gasteiger partial charge in [0.05, 0.1) is 25.0 Å². The van der Waals surface area contributed by atoms with E-state index in [1.807, 2.05) is 0 Å². The Morgan fingerprint density at radius 3 is 2.82 bits per heavy atom. The molecule has 1 aromatic rings. The summed E-state index contributed by atoms with van der Waals surface area (Å²) in [5.41, 5.74) is 0.450. The van der Waals surface area contributed by atoms with Gasteiger partial charge >= 0.3 is 0 Å². The van der Waals surface area contributed by atoms with Crippen molar-refractivity contribution in [1.29, 1.82) is 0 Å². The van der Waals surface area contributed by atoms with Crippen molar-refractivity contribution in [2.45, 2.75) is 6.92 Å². The number of nitrogens with zero attached hydrogens (tertiary/aromatic N) is 2. The number of aromatic hydroxyl groups is 1. The molecule has 1 saturated heterocycles. The quantitative estimate of drug-likeness (QED) is 0.846. The van der Waals surface area contributed by atoms with Gasteiger partial charge in [-0.05, 0) is 6.07 Å². The van der Waals surface area contributed by atoms with Gasteiger partial charge in [0, 0.05) is 25.2 Å². The van der Waals surface area contributed by atoms with Crippen LogP contribution in [0, 0.1) is 5.41 Å². The molecule has 2 rings (SSSR count). The summed E-state index contributed by atoms with van der Waals surface area (Å²) in [6.45, 7) is 4.09. The Hall–Kier alpha value is -1.62. The van der Waals surface area contributed by atoms with Crippen LogP contribution in [0.4, 0.5) is 0 Å². The second kappa shape index (κ2) is 4.33. The summed E-state index contributed by atoms with van der Waals surface area (Å²) >= 11 is 0. The van der Waals surface area contributed by atoms with E-state index in [0.29, 0.717) is 25.3 Å². The number of ether oxygens (including phenoxy) is 1. The molecule has 0 atom stereocenters. The van der Waals surface area contributed by atoms with E-state index in [1.165, 1.54) is 18.5 Å². The molecule has 0 saturated carbocycles. The standard InChI is InChI=1S/C12H16N2O3/c1-12(7-17-8-12)6-14(2)11(16)9-3-10(15)5-13-4-9/h3-5,15H,6-8H2,1-2H3. The van der Waals surface area contributed by atoms with Crippen LogP contribution in [0.5, 0.6) is 5.75 Å². The summed E-state index contributed by atoms with van der Waals surface area (Å²) in [4.78, 5) is 17.5. The van der Waals surface area contributed by atoms with Gasteiger partial charge in [-0.25, -0.2) is 0 Å². The largest absolute Gasteiger partial charge is 0.506 e. The molecule has 1 fully saturated rings. The fraction of sp³-hybridized carbons (Fsp3) is 0.500. The number of hydrogen-bond donors (Lipinski definition) is 1. The highest BCUT2D eigenvalue weighted by Crippen LogP contribution is 2.27. The van der Waals surface area contributed by atoms with Crippen molar-refractivity contribution in [3.8, 4) is 5.75 Å². The molecule has 5 nitrogen and oxygen atoms in total. The van der Waals surface area contributed by atoms with Crippen molar-refractivity contribution in [2.24, 2.45) is 5.41 Å². The number of pyridine rings is 1. The van der Waals surface area contributed by atoms with Gasteiger partial charge in [0.1, 0.15) is 5.75 Å². The molecular formula is C12H16N2O3. The lowest BCUT2D eigenvalue weighted by Crippen LogP contribution is -2.49. The average molecular weight is 236 g/mol. The molecule has 1 aromatic heterocycles. The zero-order valence-corrected chi connectivity index (χ0v) is 10.0. The number of rotatable bonds is 3. The number of carbonyl (C=O) groups excluding carboxylic acids is 1. The average Bonchev–Trinajstić information content (AvgIpc) is 2.26. The van der Waals surface area contributed by atoms with Gasteiger partial charge in [-0.2, -0.15) is 0 Å². The van der Waals surface area contributed by atoms with Crippen molar-refractivity contribution >= 4 is 5.91 Å². The maximum absolute atomic E-state index is 12.0. The molecule has 1 N–H and O–H groups in total. The van der Waals surface area contributed by atoms with Crippen LogP contribution in [0.3, 0.4) is 0 Å². The molecule has 1 aliphatic rings. The molecule has 0 aliphatic carbocycles. The fourth-order valence-electron chi connectivity index (χ4n) is 1.95. The van der Waals surface area contributed by atoms with Crippen LogP contribution in [-0.2, 0) is 4.74 Å². The molecule has 1 amide bonds. The monoisotopic (exact) mass is 236 g/mol. The fourth-order valence-corrected chi connectivity index (χ4v) is 1.95. The van der Waals surface area contributed by atoms with Crippen LogP contribution in [0.2, 0.25) is 0 Å². The Kier molecular flexibility index (Phi) is 3.02. The minimum Gasteiger partial charge on any atom is -0.506 e. The van der Waals surface area contributed by atoms with Crippen molar-refractivity contribution in [3.05, 3.63) is 24.0 Å². The van der Waals surface area contributed by atoms with E-state index in [0.717, 1.165) is 0 Å². The maximum Gasteiger partial charge on any atom is 0.255 e. The van der Waals surface area contributed by atoms with E-state index < -0.39 is 0 Å². The first-order valence-corrected chi connectivity index (χ1v) is 5.47. The molecule has 5 heteroatoms. The third kappa shape index (κ3) is 2.55. The normalized spacial score (nSPS) is 17.3. The van der Waals surface area contributed by atoms with Crippen LogP contribution in [0.25, 0.3) is 0 Å². The zero-order chi connectivity index (χ0) is 12.5. The Morgan fingerprint density at radius 2 is 2.29 bits per heavy atom. The first kappa shape index (κ1) is 11.9. The van der Waals surface area contributed by atoms with Gasteiger partial charge in [0.2, 0.25) is 0 Å². The molecule has 2 heterocycles. The minimum absolute atomic E-state index is 0.00226. The number of carbonyl (C=O) groups is 1. The lowest BCUT2D eigenvalue weighted by atomic mass is 9.88. The summed E-state index contributed by atoms with van der Waals surface area (Å²) in [6, 6.07) is 1.42. The van der Waals surface area contributed by atoms with E-state index in [1.54, 1.807) is 11.9 Å². The Labute approximate surface area is 100 Å². The second-order valence-electron chi connectivity index (χ2n) is 4.90. The Morgan fingerprint density at radius 1 is 1.59 bits per heavy atom. The summed E-state index contributed by atoms with van der Waals surface area (Å²) < 4.78 is 5.15. The highest BCUT2D eigenvalue weighted by Gasteiger charge is 2.35. The van der Waals surface area contributed by atoms with Crippen LogP contribution < -0.4 is 0 Å². The lowest BCUT2D eigenvalue weighted by molar-refractivity contribution is -0.109. The number of aromatic nitrogens is 1. The van der Waals surface area contributed by atoms with Crippen molar-refractivity contribution < 1.29 is 14.6 Å². The third-order valence-electron chi connectivity index (χ3n) is 2.84. The molecule has 1 aliphatic heterocycles. The molecule has 0 unspecified atom stereocenters. The van der Waals surface area contributed by atoms with Gasteiger partial charge in [0.25, 0.3) is 5.91 Å². The van der Waals surface area contributed by atoms with E-state index in [9.17, 15) is 9.90 Å². The Balaban J connectivity index is 2.04. The van der Waals surface area contributed by atoms with Crippen LogP contribution in [0.1, 0.15) is 17.3 Å². The predicted octanol–water partition coefficient (Wildman–Crippen LogP) is 0.896. The van der Waals surface area contributed by atoms with E-state index in [-0.39, 0.29) is 17.1 Å². The topological polar surface area (TPSA) is 62.7 Å². The minimum atomic E-state index is -0.137. The molecule has 17 heavy (non-hydrogen) atoms. The van der Waals surface area contributed by atoms with E-state index >= 15 is 0 Å². The predicted molar refractivity (Wildman–Crippen MR) is 61.8 cm³/mol. The molecular weight excluding hydrogens is 220 g/mol. The van der Waals surface area contributed by atoms with Gasteiger partial charge in [0.15, 0.2) is 0 Å². The summed E-state index contributed by atoms with van der Waals surface area (Å²) in [5.74, 6) is -0.135. The number of amides is 1. The molecule has 92 valence electrons. The van der Waals surface area contributed by atoms with Crippen LogP contribution in [-0.4, -0.2) is 47.7 Å². The van der Waals surface area contributed by atoms with Gasteiger partial charge in [-0.15, -0.1) is 0 Å². The zero-order valence-electron chi connectivity index (χ0n) is 10.0. The first-order chi connectivity index (χ1) is 8.00.